The van der Waals surface area contributed by atoms with Crippen LogP contribution in [0.3, 0.4) is 0 Å². The maximum absolute atomic E-state index is 10.3. The highest BCUT2D eigenvalue weighted by molar-refractivity contribution is 7.16. The smallest absolute Gasteiger partial charge is 0.122 e. The predicted octanol–water partition coefficient (Wildman–Crippen LogP) is 4.39. The molecule has 0 spiro atoms. The number of halogens is 1. The Bertz CT molecular complexity index is 567. The zero-order valence-corrected chi connectivity index (χ0v) is 12.0. The van der Waals surface area contributed by atoms with Crippen LogP contribution in [0.1, 0.15) is 35.3 Å². The molecule has 0 saturated carbocycles. The highest BCUT2D eigenvalue weighted by Gasteiger charge is 2.24. The monoisotopic (exact) mass is 294 g/mol. The Kier molecular flexibility index (Phi) is 3.78. The van der Waals surface area contributed by atoms with E-state index in [4.69, 9.17) is 16.3 Å². The van der Waals surface area contributed by atoms with Crippen molar-refractivity contribution < 1.29 is 9.84 Å². The van der Waals surface area contributed by atoms with Crippen LogP contribution in [0.2, 0.25) is 4.34 Å². The van der Waals surface area contributed by atoms with Crippen LogP contribution in [0.15, 0.2) is 36.4 Å². The first-order valence-corrected chi connectivity index (χ1v) is 7.58. The molecule has 2 nitrogen and oxygen atoms in total. The Labute approximate surface area is 121 Å². The number of aliphatic hydroxyl groups excluding tert-OH is 1. The summed E-state index contributed by atoms with van der Waals surface area (Å²) in [4.78, 5) is 0.939. The largest absolute Gasteiger partial charge is 0.493 e. The molecular formula is C15H15ClO2S. The normalized spacial score (nSPS) is 19.6. The Morgan fingerprint density at radius 3 is 2.95 bits per heavy atom. The van der Waals surface area contributed by atoms with E-state index >= 15 is 0 Å². The molecule has 0 bridgehead atoms. The maximum Gasteiger partial charge on any atom is 0.122 e. The Morgan fingerprint density at radius 2 is 2.16 bits per heavy atom. The van der Waals surface area contributed by atoms with Crippen molar-refractivity contribution in [2.45, 2.75) is 24.9 Å². The summed E-state index contributed by atoms with van der Waals surface area (Å²) in [5.74, 6) is 1.30. The van der Waals surface area contributed by atoms with Crippen molar-refractivity contribution in [3.05, 3.63) is 51.2 Å². The molecule has 1 aromatic heterocycles. The quantitative estimate of drug-likeness (QED) is 0.909. The first-order chi connectivity index (χ1) is 9.24. The van der Waals surface area contributed by atoms with Crippen molar-refractivity contribution in [3.63, 3.8) is 0 Å². The van der Waals surface area contributed by atoms with Crippen molar-refractivity contribution in [3.8, 4) is 5.75 Å². The lowest BCUT2D eigenvalue weighted by atomic mass is 9.88. The third kappa shape index (κ3) is 2.78. The average Bonchev–Trinajstić information content (AvgIpc) is 2.86. The summed E-state index contributed by atoms with van der Waals surface area (Å²) in [7, 11) is 0. The number of fused-ring (bicyclic) bond motifs is 1. The summed E-state index contributed by atoms with van der Waals surface area (Å²) < 4.78 is 6.37. The number of rotatable bonds is 3. The van der Waals surface area contributed by atoms with E-state index in [1.165, 1.54) is 16.9 Å². The molecule has 2 unspecified atom stereocenters. The molecular weight excluding hydrogens is 280 g/mol. The molecule has 0 radical (unpaired) electrons. The number of hydrogen-bond acceptors (Lipinski definition) is 3. The van der Waals surface area contributed by atoms with Crippen molar-refractivity contribution in [2.75, 3.05) is 6.61 Å². The SMILES string of the molecule is OC(CC1CCOc2ccccc21)c1ccc(Cl)s1. The van der Waals surface area contributed by atoms with Crippen LogP contribution in [0.25, 0.3) is 0 Å². The average molecular weight is 295 g/mol. The van der Waals surface area contributed by atoms with Gasteiger partial charge < -0.3 is 9.84 Å². The molecule has 2 heterocycles. The fourth-order valence-electron chi connectivity index (χ4n) is 2.55. The van der Waals surface area contributed by atoms with E-state index in [-0.39, 0.29) is 0 Å². The lowest BCUT2D eigenvalue weighted by Crippen LogP contribution is -2.16. The van der Waals surface area contributed by atoms with Gasteiger partial charge in [0.15, 0.2) is 0 Å². The fraction of sp³-hybridized carbons (Fsp3) is 0.333. The molecule has 0 fully saturated rings. The van der Waals surface area contributed by atoms with E-state index in [9.17, 15) is 5.11 Å². The molecule has 19 heavy (non-hydrogen) atoms. The van der Waals surface area contributed by atoms with Crippen LogP contribution in [-0.2, 0) is 0 Å². The molecule has 1 aliphatic heterocycles. The van der Waals surface area contributed by atoms with E-state index in [0.717, 1.165) is 34.4 Å². The third-order valence-corrected chi connectivity index (χ3v) is 4.85. The lowest BCUT2D eigenvalue weighted by Gasteiger charge is -2.27. The van der Waals surface area contributed by atoms with Crippen molar-refractivity contribution >= 4 is 22.9 Å². The molecule has 0 aliphatic carbocycles. The zero-order chi connectivity index (χ0) is 13.2. The molecule has 100 valence electrons. The molecule has 1 aromatic carbocycles. The van der Waals surface area contributed by atoms with Crippen LogP contribution in [-0.4, -0.2) is 11.7 Å². The van der Waals surface area contributed by atoms with Gasteiger partial charge in [-0.3, -0.25) is 0 Å². The van der Waals surface area contributed by atoms with Gasteiger partial charge in [0, 0.05) is 4.88 Å². The summed E-state index contributed by atoms with van der Waals surface area (Å²) >= 11 is 7.37. The fourth-order valence-corrected chi connectivity index (χ4v) is 3.61. The molecule has 0 saturated heterocycles. The zero-order valence-electron chi connectivity index (χ0n) is 10.4. The topological polar surface area (TPSA) is 29.5 Å². The molecule has 1 aliphatic rings. The van der Waals surface area contributed by atoms with E-state index in [1.54, 1.807) is 0 Å². The maximum atomic E-state index is 10.3. The van der Waals surface area contributed by atoms with Crippen molar-refractivity contribution in [1.29, 1.82) is 0 Å². The molecule has 2 atom stereocenters. The highest BCUT2D eigenvalue weighted by Crippen LogP contribution is 2.40. The van der Waals surface area contributed by atoms with Gasteiger partial charge in [0.05, 0.1) is 17.0 Å². The van der Waals surface area contributed by atoms with E-state index in [0.29, 0.717) is 5.92 Å². The van der Waals surface area contributed by atoms with Gasteiger partial charge in [-0.05, 0) is 42.5 Å². The minimum absolute atomic E-state index is 0.348. The minimum atomic E-state index is -0.450. The molecule has 4 heteroatoms. The Balaban J connectivity index is 1.77. The first-order valence-electron chi connectivity index (χ1n) is 6.39. The van der Waals surface area contributed by atoms with Gasteiger partial charge in [-0.2, -0.15) is 0 Å². The Morgan fingerprint density at radius 1 is 1.32 bits per heavy atom. The highest BCUT2D eigenvalue weighted by atomic mass is 35.5. The lowest BCUT2D eigenvalue weighted by molar-refractivity contribution is 0.148. The van der Waals surface area contributed by atoms with Crippen LogP contribution in [0.4, 0.5) is 0 Å². The standard InChI is InChI=1S/C15H15ClO2S/c16-15-6-5-14(19-15)12(17)9-10-7-8-18-13-4-2-1-3-11(10)13/h1-6,10,12,17H,7-9H2. The van der Waals surface area contributed by atoms with E-state index < -0.39 is 6.10 Å². The van der Waals surface area contributed by atoms with Crippen LogP contribution >= 0.6 is 22.9 Å². The summed E-state index contributed by atoms with van der Waals surface area (Å²) in [5, 5.41) is 10.3. The second-order valence-electron chi connectivity index (χ2n) is 4.77. The summed E-state index contributed by atoms with van der Waals surface area (Å²) in [5.41, 5.74) is 1.20. The number of aliphatic hydroxyl groups is 1. The molecule has 0 amide bonds. The van der Waals surface area contributed by atoms with Gasteiger partial charge in [-0.15, -0.1) is 11.3 Å². The van der Waals surface area contributed by atoms with Crippen molar-refractivity contribution in [1.82, 2.24) is 0 Å². The molecule has 3 rings (SSSR count). The second kappa shape index (κ2) is 5.53. The van der Waals surface area contributed by atoms with Crippen molar-refractivity contribution in [2.24, 2.45) is 0 Å². The van der Waals surface area contributed by atoms with Crippen LogP contribution in [0, 0.1) is 0 Å². The van der Waals surface area contributed by atoms with Gasteiger partial charge in [0.1, 0.15) is 5.75 Å². The summed E-state index contributed by atoms with van der Waals surface area (Å²) in [6, 6.07) is 11.8. The molecule has 1 N–H and O–H groups in total. The van der Waals surface area contributed by atoms with Gasteiger partial charge in [-0.25, -0.2) is 0 Å². The number of hydrogen-bond donors (Lipinski definition) is 1. The van der Waals surface area contributed by atoms with Gasteiger partial charge in [0.2, 0.25) is 0 Å². The summed E-state index contributed by atoms with van der Waals surface area (Å²) in [6.45, 7) is 0.722. The van der Waals surface area contributed by atoms with E-state index in [2.05, 4.69) is 6.07 Å². The predicted molar refractivity (Wildman–Crippen MR) is 78.2 cm³/mol. The van der Waals surface area contributed by atoms with Gasteiger partial charge in [-0.1, -0.05) is 29.8 Å². The van der Waals surface area contributed by atoms with Crippen LogP contribution < -0.4 is 4.74 Å². The number of benzene rings is 1. The van der Waals surface area contributed by atoms with Crippen LogP contribution in [0.5, 0.6) is 5.75 Å². The second-order valence-corrected chi connectivity index (χ2v) is 6.51. The van der Waals surface area contributed by atoms with E-state index in [1.807, 2.05) is 30.3 Å². The number of thiophene rings is 1. The van der Waals surface area contributed by atoms with Gasteiger partial charge in [0.25, 0.3) is 0 Å². The summed E-state index contributed by atoms with van der Waals surface area (Å²) in [6.07, 6.45) is 1.22. The van der Waals surface area contributed by atoms with Gasteiger partial charge >= 0.3 is 0 Å². The number of para-hydroxylation sites is 1. The Hall–Kier alpha value is -1.03. The third-order valence-electron chi connectivity index (χ3n) is 3.51. The number of ether oxygens (including phenoxy) is 1. The first kappa shape index (κ1) is 13.0. The molecule has 2 aromatic rings. The minimum Gasteiger partial charge on any atom is -0.493 e.